The molecule has 6 aromatic carbocycles. The van der Waals surface area contributed by atoms with Gasteiger partial charge in [-0.2, -0.15) is 17.5 Å². The van der Waals surface area contributed by atoms with E-state index in [2.05, 4.69) is 22.5 Å². The molecule has 0 bridgehead atoms. The van der Waals surface area contributed by atoms with Crippen molar-refractivity contribution in [1.29, 1.82) is 0 Å². The normalized spacial score (nSPS) is 12.1. The molecule has 264 valence electrons. The average Bonchev–Trinajstić information content (AvgIpc) is 4.05. The summed E-state index contributed by atoms with van der Waals surface area (Å²) in [5.74, 6) is -2.47. The molecule has 5 aromatic heterocycles. The zero-order chi connectivity index (χ0) is 37.1. The van der Waals surface area contributed by atoms with E-state index in [1.54, 1.807) is 22.0 Å². The molecule has 0 aliphatic heterocycles. The summed E-state index contributed by atoms with van der Waals surface area (Å²) < 4.78 is 56.9. The molecular formula is C39H16F2N6O4S4. The molecule has 0 unspecified atom stereocenters. The van der Waals surface area contributed by atoms with Crippen LogP contribution in [0.2, 0.25) is 0 Å². The number of hydrogen-bond acceptors (Lipinski definition) is 13. The molecule has 55 heavy (non-hydrogen) atoms. The number of nitrogens with zero attached hydrogens (tertiary/aromatic N) is 6. The Morgan fingerprint density at radius 3 is 2.11 bits per heavy atom. The predicted molar refractivity (Wildman–Crippen MR) is 214 cm³/mol. The highest BCUT2D eigenvalue weighted by molar-refractivity contribution is 7.32. The van der Waals surface area contributed by atoms with E-state index < -0.39 is 33.9 Å². The number of fused-ring (bicyclic) bond motifs is 11. The van der Waals surface area contributed by atoms with Crippen LogP contribution in [0.25, 0.3) is 84.6 Å². The first kappa shape index (κ1) is 32.2. The second-order valence-corrected chi connectivity index (χ2v) is 15.9. The van der Waals surface area contributed by atoms with Gasteiger partial charge in [0.1, 0.15) is 28.7 Å². The van der Waals surface area contributed by atoms with Gasteiger partial charge in [0, 0.05) is 42.1 Å². The fourth-order valence-electron chi connectivity index (χ4n) is 7.16. The summed E-state index contributed by atoms with van der Waals surface area (Å²) in [5.41, 5.74) is 3.66. The largest absolute Gasteiger partial charge is 0.444 e. The van der Waals surface area contributed by atoms with E-state index in [0.717, 1.165) is 64.5 Å². The third-order valence-electron chi connectivity index (χ3n) is 9.66. The van der Waals surface area contributed by atoms with Crippen LogP contribution in [0.4, 0.5) is 19.3 Å². The highest BCUT2D eigenvalue weighted by Gasteiger charge is 2.26. The molecule has 0 aliphatic carbocycles. The van der Waals surface area contributed by atoms with Gasteiger partial charge in [-0.3, -0.25) is 9.59 Å². The van der Waals surface area contributed by atoms with Crippen molar-refractivity contribution in [3.05, 3.63) is 128 Å². The Morgan fingerprint density at radius 1 is 0.691 bits per heavy atom. The molecule has 5 heterocycles. The number of aromatic nitrogens is 5. The average molecular weight is 799 g/mol. The number of ether oxygens (including phenoxy) is 1. The molecule has 0 spiro atoms. The lowest BCUT2D eigenvalue weighted by Crippen LogP contribution is -2.31. The second kappa shape index (κ2) is 11.9. The molecule has 0 radical (unpaired) electrons. The summed E-state index contributed by atoms with van der Waals surface area (Å²) in [6, 6.07) is 24.5. The monoisotopic (exact) mass is 798 g/mol. The molecule has 0 fully saturated rings. The van der Waals surface area contributed by atoms with Crippen LogP contribution in [-0.2, 0) is 11.3 Å². The van der Waals surface area contributed by atoms with Gasteiger partial charge in [-0.25, -0.2) is 23.1 Å². The Bertz CT molecular complexity index is 3560. The SMILES string of the molecule is O=C(OCc1ccccc1)n1c2cc(-c3cc4c(cc(N=c5c(=O)c6cc(F)c(F)cc6c5=O)c5nsnc54)c4nsnc34)sc2c2sc3ccccc3c21. The minimum Gasteiger partial charge on any atom is -0.444 e. The zero-order valence-corrected chi connectivity index (χ0v) is 30.8. The summed E-state index contributed by atoms with van der Waals surface area (Å²) in [5, 5.41) is 1.29. The van der Waals surface area contributed by atoms with Crippen LogP contribution >= 0.6 is 46.1 Å². The molecule has 16 heteroatoms. The molecule has 0 N–H and O–H groups in total. The number of halogens is 2. The molecule has 11 rings (SSSR count). The van der Waals surface area contributed by atoms with Gasteiger partial charge in [0.05, 0.1) is 49.6 Å². The van der Waals surface area contributed by atoms with Crippen molar-refractivity contribution in [2.24, 2.45) is 4.99 Å². The van der Waals surface area contributed by atoms with Crippen molar-refractivity contribution in [3.8, 4) is 10.4 Å². The Labute approximate surface area is 320 Å². The molecule has 0 saturated heterocycles. The van der Waals surface area contributed by atoms with Gasteiger partial charge in [0.15, 0.2) is 17.0 Å². The standard InChI is InChI=1S/C39H16F2N6O4S4/c40-23-11-20-21(12-24(23)41)36(49)33(35(20)48)42-25-13-19-18(30-32(25)46-55-44-30)10-22(31-29(19)43-54-45-31)28-14-26-37(53-28)38-34(17-8-4-5-9-27(17)52-38)47(26)39(50)51-15-16-6-2-1-3-7-16/h1-14H,15H2. The van der Waals surface area contributed by atoms with E-state index in [1.165, 1.54) is 11.3 Å². The number of benzene rings is 5. The maximum Gasteiger partial charge on any atom is 0.419 e. The lowest BCUT2D eigenvalue weighted by Gasteiger charge is -2.08. The molecule has 0 saturated carbocycles. The minimum absolute atomic E-state index is 0.118. The van der Waals surface area contributed by atoms with Gasteiger partial charge in [0.25, 0.3) is 0 Å². The summed E-state index contributed by atoms with van der Waals surface area (Å²) in [6.07, 6.45) is -0.488. The Kier molecular flexibility index (Phi) is 6.98. The van der Waals surface area contributed by atoms with E-state index >= 15 is 0 Å². The number of carbonyl (C=O) groups excluding carboxylic acids is 1. The topological polar surface area (TPSA) is 129 Å². The van der Waals surface area contributed by atoms with Crippen LogP contribution in [0.3, 0.4) is 0 Å². The first-order valence-electron chi connectivity index (χ1n) is 16.5. The molecule has 0 atom stereocenters. The number of carbonyl (C=O) groups is 1. The first-order valence-corrected chi connectivity index (χ1v) is 19.6. The van der Waals surface area contributed by atoms with Gasteiger partial charge < -0.3 is 4.74 Å². The molecule has 11 aromatic rings. The zero-order valence-electron chi connectivity index (χ0n) is 27.5. The molecular weight excluding hydrogens is 783 g/mol. The van der Waals surface area contributed by atoms with Gasteiger partial charge in [-0.1, -0.05) is 48.5 Å². The van der Waals surface area contributed by atoms with Crippen LogP contribution in [0, 0.1) is 11.6 Å². The predicted octanol–water partition coefficient (Wildman–Crippen LogP) is 9.34. The molecule has 0 amide bonds. The van der Waals surface area contributed by atoms with Crippen molar-refractivity contribution >= 4 is 132 Å². The van der Waals surface area contributed by atoms with Crippen LogP contribution in [0.15, 0.2) is 99.5 Å². The van der Waals surface area contributed by atoms with E-state index in [0.29, 0.717) is 50.5 Å². The summed E-state index contributed by atoms with van der Waals surface area (Å²) >= 11 is 5.11. The lowest BCUT2D eigenvalue weighted by molar-refractivity contribution is 0.143. The van der Waals surface area contributed by atoms with Crippen LogP contribution < -0.4 is 16.2 Å². The fraction of sp³-hybridized carbons (Fsp3) is 0.0256. The van der Waals surface area contributed by atoms with E-state index in [-0.39, 0.29) is 23.1 Å². The van der Waals surface area contributed by atoms with Crippen molar-refractivity contribution in [2.75, 3.05) is 0 Å². The number of hydrogen-bond donors (Lipinski definition) is 0. The van der Waals surface area contributed by atoms with Gasteiger partial charge in [-0.05, 0) is 42.0 Å². The van der Waals surface area contributed by atoms with E-state index in [9.17, 15) is 23.2 Å². The lowest BCUT2D eigenvalue weighted by atomic mass is 10.0. The second-order valence-electron chi connectivity index (χ2n) is 12.7. The number of rotatable bonds is 4. The summed E-state index contributed by atoms with van der Waals surface area (Å²) in [7, 11) is 0. The van der Waals surface area contributed by atoms with Crippen LogP contribution in [0.5, 0.6) is 0 Å². The van der Waals surface area contributed by atoms with Crippen molar-refractivity contribution < 1.29 is 18.3 Å². The third kappa shape index (κ3) is 4.72. The Balaban J connectivity index is 1.11. The van der Waals surface area contributed by atoms with Gasteiger partial charge >= 0.3 is 6.09 Å². The molecule has 0 aliphatic rings. The summed E-state index contributed by atoms with van der Waals surface area (Å²) in [4.78, 5) is 45.7. The van der Waals surface area contributed by atoms with Crippen LogP contribution in [0.1, 0.15) is 5.56 Å². The number of thiophene rings is 2. The van der Waals surface area contributed by atoms with Gasteiger partial charge in [-0.15, -0.1) is 22.7 Å². The first-order chi connectivity index (χ1) is 26.8. The maximum atomic E-state index is 14.0. The quantitative estimate of drug-likeness (QED) is 0.172. The Hall–Kier alpha value is -6.20. The minimum atomic E-state index is -1.23. The van der Waals surface area contributed by atoms with Gasteiger partial charge in [0.2, 0.25) is 10.9 Å². The smallest absolute Gasteiger partial charge is 0.419 e. The highest BCUT2D eigenvalue weighted by Crippen LogP contribution is 2.48. The molecule has 10 nitrogen and oxygen atoms in total. The maximum absolute atomic E-state index is 14.0. The van der Waals surface area contributed by atoms with E-state index in [4.69, 9.17) is 4.74 Å². The summed E-state index contributed by atoms with van der Waals surface area (Å²) in [6.45, 7) is 0.118. The highest BCUT2D eigenvalue weighted by atomic mass is 32.1. The Morgan fingerprint density at radius 2 is 1.35 bits per heavy atom. The van der Waals surface area contributed by atoms with Crippen molar-refractivity contribution in [1.82, 2.24) is 22.1 Å². The van der Waals surface area contributed by atoms with Crippen molar-refractivity contribution in [3.63, 3.8) is 0 Å². The van der Waals surface area contributed by atoms with Crippen LogP contribution in [-0.4, -0.2) is 28.2 Å². The van der Waals surface area contributed by atoms with Crippen molar-refractivity contribution in [2.45, 2.75) is 6.61 Å². The fourth-order valence-corrected chi connectivity index (χ4v) is 10.8. The third-order valence-corrected chi connectivity index (χ3v) is 13.2. The van der Waals surface area contributed by atoms with E-state index in [1.807, 2.05) is 66.7 Å².